The zero-order chi connectivity index (χ0) is 27.5. The molecule has 0 aliphatic carbocycles. The minimum atomic E-state index is -2.98. The fraction of sp³-hybridized carbons (Fsp3) is 0.161. The number of benzene rings is 3. The van der Waals surface area contributed by atoms with Crippen molar-refractivity contribution in [3.8, 4) is 11.3 Å². The average Bonchev–Trinajstić information content (AvgIpc) is 3.58. The molecule has 0 bridgehead atoms. The third-order valence-corrected chi connectivity index (χ3v) is 7.70. The fourth-order valence-electron chi connectivity index (χ4n) is 4.72. The second kappa shape index (κ2) is 11.0. The van der Waals surface area contributed by atoms with E-state index >= 15 is 0 Å². The van der Waals surface area contributed by atoms with E-state index in [2.05, 4.69) is 51.0 Å². The van der Waals surface area contributed by atoms with Crippen molar-refractivity contribution in [3.05, 3.63) is 109 Å². The van der Waals surface area contributed by atoms with Crippen molar-refractivity contribution >= 4 is 43.0 Å². The summed E-state index contributed by atoms with van der Waals surface area (Å²) in [6.07, 6.45) is 6.63. The van der Waals surface area contributed by atoms with E-state index < -0.39 is 9.84 Å². The summed E-state index contributed by atoms with van der Waals surface area (Å²) in [6, 6.07) is 26.6. The van der Waals surface area contributed by atoms with Crippen molar-refractivity contribution < 1.29 is 12.8 Å². The molecule has 2 N–H and O–H groups in total. The van der Waals surface area contributed by atoms with Gasteiger partial charge < -0.3 is 15.1 Å². The molecule has 3 aromatic heterocycles. The van der Waals surface area contributed by atoms with Gasteiger partial charge in [-0.15, -0.1) is 0 Å². The molecule has 0 aliphatic heterocycles. The van der Waals surface area contributed by atoms with Crippen molar-refractivity contribution in [2.24, 2.45) is 0 Å². The summed E-state index contributed by atoms with van der Waals surface area (Å²) in [4.78, 5) is 4.59. The number of sulfone groups is 1. The Morgan fingerprint density at radius 3 is 2.67 bits per heavy atom. The first-order valence-corrected chi connectivity index (χ1v) is 15.1. The third-order valence-electron chi connectivity index (χ3n) is 6.76. The van der Waals surface area contributed by atoms with E-state index in [0.717, 1.165) is 56.6 Å². The Morgan fingerprint density at radius 1 is 0.950 bits per heavy atom. The Kier molecular flexibility index (Phi) is 7.06. The van der Waals surface area contributed by atoms with Gasteiger partial charge in [0, 0.05) is 58.8 Å². The molecule has 0 radical (unpaired) electrons. The summed E-state index contributed by atoms with van der Waals surface area (Å²) in [7, 11) is -2.98. The lowest BCUT2D eigenvalue weighted by atomic mass is 10.1. The fourth-order valence-corrected chi connectivity index (χ4v) is 5.24. The Hall–Kier alpha value is -4.47. The Bertz CT molecular complexity index is 1890. The van der Waals surface area contributed by atoms with Crippen LogP contribution in [0.1, 0.15) is 11.1 Å². The van der Waals surface area contributed by atoms with Gasteiger partial charge in [-0.1, -0.05) is 36.4 Å². The summed E-state index contributed by atoms with van der Waals surface area (Å²) < 4.78 is 30.4. The lowest BCUT2D eigenvalue weighted by molar-refractivity contribution is 0.574. The number of nitrogens with zero attached hydrogens (tertiary/aromatic N) is 3. The van der Waals surface area contributed by atoms with E-state index in [1.807, 2.05) is 59.4 Å². The molecule has 0 saturated heterocycles. The van der Waals surface area contributed by atoms with Crippen LogP contribution in [-0.2, 0) is 22.9 Å². The number of hydrogen-bond acceptors (Lipinski definition) is 7. The van der Waals surface area contributed by atoms with Gasteiger partial charge in [-0.05, 0) is 48.0 Å². The number of hydrogen-bond donors (Lipinski definition) is 2. The molecule has 0 amide bonds. The molecule has 0 atom stereocenters. The van der Waals surface area contributed by atoms with Gasteiger partial charge in [0.05, 0.1) is 35.8 Å². The normalized spacial score (nSPS) is 11.8. The molecule has 0 fully saturated rings. The summed E-state index contributed by atoms with van der Waals surface area (Å²) >= 11 is 0. The molecular weight excluding hydrogens is 522 g/mol. The molecule has 0 spiro atoms. The largest absolute Gasteiger partial charge is 0.464 e. The van der Waals surface area contributed by atoms with E-state index in [9.17, 15) is 8.42 Å². The van der Waals surface area contributed by atoms with Crippen LogP contribution in [-0.4, -0.2) is 41.7 Å². The van der Waals surface area contributed by atoms with Gasteiger partial charge in [-0.3, -0.25) is 9.67 Å². The molecule has 40 heavy (non-hydrogen) atoms. The van der Waals surface area contributed by atoms with Crippen LogP contribution in [0, 0.1) is 0 Å². The van der Waals surface area contributed by atoms with Crippen molar-refractivity contribution in [1.29, 1.82) is 0 Å². The van der Waals surface area contributed by atoms with E-state index in [0.29, 0.717) is 13.1 Å². The summed E-state index contributed by atoms with van der Waals surface area (Å²) in [5.41, 5.74) is 6.96. The molecule has 3 aromatic carbocycles. The Balaban J connectivity index is 1.17. The topological polar surface area (TPSA) is 102 Å². The van der Waals surface area contributed by atoms with E-state index in [-0.39, 0.29) is 5.75 Å². The quantitative estimate of drug-likeness (QED) is 0.208. The lowest BCUT2D eigenvalue weighted by Gasteiger charge is -2.11. The minimum absolute atomic E-state index is 0.107. The van der Waals surface area contributed by atoms with Gasteiger partial charge in [0.15, 0.2) is 0 Å². The standard InChI is InChI=1S/C31H29N5O3S/c1-40(37,38)14-13-32-18-23-15-31(39-21-23)24-7-9-27-28(11-12-33-29(27)17-24)35-26-8-10-30-25(16-26)19-34-36(30)20-22-5-3-2-4-6-22/h2-12,15-17,19,21,32H,13-14,18,20H2,1H3,(H,33,35). The van der Waals surface area contributed by atoms with Crippen molar-refractivity contribution in [3.63, 3.8) is 0 Å². The second-order valence-corrected chi connectivity index (χ2v) is 12.2. The van der Waals surface area contributed by atoms with Crippen LogP contribution >= 0.6 is 0 Å². The highest BCUT2D eigenvalue weighted by atomic mass is 32.2. The molecular formula is C31H29N5O3S. The highest BCUT2D eigenvalue weighted by Gasteiger charge is 2.10. The summed E-state index contributed by atoms with van der Waals surface area (Å²) in [5.74, 6) is 0.843. The van der Waals surface area contributed by atoms with Crippen LogP contribution in [0.2, 0.25) is 0 Å². The number of furan rings is 1. The van der Waals surface area contributed by atoms with Crippen molar-refractivity contribution in [2.75, 3.05) is 23.9 Å². The monoisotopic (exact) mass is 551 g/mol. The Morgan fingerprint density at radius 2 is 1.82 bits per heavy atom. The molecule has 9 heteroatoms. The van der Waals surface area contributed by atoms with Gasteiger partial charge in [-0.2, -0.15) is 5.10 Å². The maximum atomic E-state index is 11.3. The highest BCUT2D eigenvalue weighted by molar-refractivity contribution is 7.90. The second-order valence-electron chi connectivity index (χ2n) is 9.90. The predicted octanol–water partition coefficient (Wildman–Crippen LogP) is 5.77. The predicted molar refractivity (Wildman–Crippen MR) is 159 cm³/mol. The number of rotatable bonds is 10. The number of aromatic nitrogens is 3. The maximum absolute atomic E-state index is 11.3. The SMILES string of the molecule is CS(=O)(=O)CCNCc1coc(-c2ccc3c(Nc4ccc5c(cnn5Cc5ccccc5)c4)ccnc3c2)c1. The van der Waals surface area contributed by atoms with E-state index in [1.54, 1.807) is 12.5 Å². The Labute approximate surface area is 232 Å². The number of anilines is 2. The van der Waals surface area contributed by atoms with Crippen molar-refractivity contribution in [2.45, 2.75) is 13.1 Å². The number of pyridine rings is 1. The molecule has 3 heterocycles. The van der Waals surface area contributed by atoms with Crippen LogP contribution in [0.15, 0.2) is 102 Å². The van der Waals surface area contributed by atoms with Crippen LogP contribution < -0.4 is 10.6 Å². The highest BCUT2D eigenvalue weighted by Crippen LogP contribution is 2.31. The van der Waals surface area contributed by atoms with Crippen LogP contribution in [0.5, 0.6) is 0 Å². The van der Waals surface area contributed by atoms with Crippen LogP contribution in [0.4, 0.5) is 11.4 Å². The lowest BCUT2D eigenvalue weighted by Crippen LogP contribution is -2.21. The first-order valence-electron chi connectivity index (χ1n) is 13.0. The zero-order valence-electron chi connectivity index (χ0n) is 22.0. The molecule has 6 rings (SSSR count). The minimum Gasteiger partial charge on any atom is -0.464 e. The average molecular weight is 552 g/mol. The molecule has 0 aliphatic rings. The van der Waals surface area contributed by atoms with Gasteiger partial charge in [0.1, 0.15) is 15.6 Å². The van der Waals surface area contributed by atoms with Gasteiger partial charge in [-0.25, -0.2) is 8.42 Å². The number of nitrogens with one attached hydrogen (secondary N) is 2. The number of fused-ring (bicyclic) bond motifs is 2. The summed E-state index contributed by atoms with van der Waals surface area (Å²) in [6.45, 7) is 1.66. The molecule has 0 unspecified atom stereocenters. The smallest absolute Gasteiger partial charge is 0.148 e. The third kappa shape index (κ3) is 5.90. The molecule has 6 aromatic rings. The van der Waals surface area contributed by atoms with Crippen LogP contribution in [0.25, 0.3) is 33.1 Å². The first kappa shape index (κ1) is 25.8. The van der Waals surface area contributed by atoms with Gasteiger partial charge in [0.25, 0.3) is 0 Å². The first-order chi connectivity index (χ1) is 19.4. The molecule has 0 saturated carbocycles. The molecule has 202 valence electrons. The van der Waals surface area contributed by atoms with Crippen LogP contribution in [0.3, 0.4) is 0 Å². The van der Waals surface area contributed by atoms with E-state index in [4.69, 9.17) is 4.42 Å². The molecule has 8 nitrogen and oxygen atoms in total. The van der Waals surface area contributed by atoms with Crippen molar-refractivity contribution in [1.82, 2.24) is 20.1 Å². The van der Waals surface area contributed by atoms with Gasteiger partial charge >= 0.3 is 0 Å². The van der Waals surface area contributed by atoms with E-state index in [1.165, 1.54) is 11.8 Å². The maximum Gasteiger partial charge on any atom is 0.148 e. The zero-order valence-corrected chi connectivity index (χ0v) is 22.9. The summed E-state index contributed by atoms with van der Waals surface area (Å²) in [5, 5.41) is 13.4. The van der Waals surface area contributed by atoms with Gasteiger partial charge in [0.2, 0.25) is 0 Å².